The Hall–Kier alpha value is -1.68. The molecule has 1 aliphatic rings. The number of nitrogens with zero attached hydrogens (tertiary/aromatic N) is 3. The minimum Gasteiger partial charge on any atom is -0.383 e. The Labute approximate surface area is 120 Å². The number of hydrogen-bond acceptors (Lipinski definition) is 4. The predicted molar refractivity (Wildman–Crippen MR) is 82.3 cm³/mol. The molecule has 2 aromatic rings. The Morgan fingerprint density at radius 1 is 1.15 bits per heavy atom. The van der Waals surface area contributed by atoms with Gasteiger partial charge in [0.25, 0.3) is 0 Å². The molecule has 0 radical (unpaired) electrons. The zero-order valence-corrected chi connectivity index (χ0v) is 12.0. The minimum atomic E-state index is 0.586. The van der Waals surface area contributed by atoms with Crippen LogP contribution in [0.1, 0.15) is 37.9 Å². The first kappa shape index (κ1) is 13.3. The Balaban J connectivity index is 1.80. The van der Waals surface area contributed by atoms with Gasteiger partial charge in [0.1, 0.15) is 11.6 Å². The van der Waals surface area contributed by atoms with Crippen LogP contribution in [0.3, 0.4) is 0 Å². The van der Waals surface area contributed by atoms with E-state index < -0.39 is 0 Å². The first-order valence-corrected chi connectivity index (χ1v) is 7.45. The van der Waals surface area contributed by atoms with Gasteiger partial charge in [-0.05, 0) is 32.0 Å². The molecule has 0 atom stereocenters. The molecule has 1 fully saturated rings. The molecule has 1 aromatic carbocycles. The SMILES string of the molecule is CN(Cc1nc(N)c2ccccc2n1)C1CCCCC1. The fraction of sp³-hybridized carbons (Fsp3) is 0.500. The number of nitrogen functional groups attached to an aromatic ring is 1. The minimum absolute atomic E-state index is 0.586. The van der Waals surface area contributed by atoms with Crippen molar-refractivity contribution < 1.29 is 0 Å². The normalized spacial score (nSPS) is 16.9. The van der Waals surface area contributed by atoms with Crippen LogP contribution in [0.5, 0.6) is 0 Å². The number of benzene rings is 1. The summed E-state index contributed by atoms with van der Waals surface area (Å²) >= 11 is 0. The second-order valence-corrected chi connectivity index (χ2v) is 5.75. The topological polar surface area (TPSA) is 55.0 Å². The van der Waals surface area contributed by atoms with Crippen molar-refractivity contribution in [1.29, 1.82) is 0 Å². The summed E-state index contributed by atoms with van der Waals surface area (Å²) in [6.07, 6.45) is 6.65. The lowest BCUT2D eigenvalue weighted by molar-refractivity contribution is 0.181. The number of hydrogen-bond donors (Lipinski definition) is 1. The van der Waals surface area contributed by atoms with Crippen molar-refractivity contribution in [2.24, 2.45) is 0 Å². The van der Waals surface area contributed by atoms with Crippen LogP contribution in [0, 0.1) is 0 Å². The monoisotopic (exact) mass is 270 g/mol. The van der Waals surface area contributed by atoms with Crippen molar-refractivity contribution in [3.8, 4) is 0 Å². The molecule has 1 saturated carbocycles. The fourth-order valence-electron chi connectivity index (χ4n) is 3.10. The molecule has 4 nitrogen and oxygen atoms in total. The predicted octanol–water partition coefficient (Wildman–Crippen LogP) is 2.98. The fourth-order valence-corrected chi connectivity index (χ4v) is 3.10. The molecule has 0 aliphatic heterocycles. The Kier molecular flexibility index (Phi) is 3.83. The summed E-state index contributed by atoms with van der Waals surface area (Å²) < 4.78 is 0. The molecule has 1 aromatic heterocycles. The maximum Gasteiger partial charge on any atom is 0.145 e. The van der Waals surface area contributed by atoms with E-state index in [1.54, 1.807) is 0 Å². The quantitative estimate of drug-likeness (QED) is 0.931. The zero-order valence-electron chi connectivity index (χ0n) is 12.0. The number of rotatable bonds is 3. The largest absolute Gasteiger partial charge is 0.383 e. The van der Waals surface area contributed by atoms with Crippen molar-refractivity contribution >= 4 is 16.7 Å². The second kappa shape index (κ2) is 5.75. The Bertz CT molecular complexity index is 590. The van der Waals surface area contributed by atoms with Gasteiger partial charge in [-0.1, -0.05) is 31.4 Å². The van der Waals surface area contributed by atoms with Crippen LogP contribution in [-0.4, -0.2) is 28.0 Å². The molecule has 0 saturated heterocycles. The number of nitrogens with two attached hydrogens (primary N) is 1. The highest BCUT2D eigenvalue weighted by atomic mass is 15.2. The lowest BCUT2D eigenvalue weighted by Crippen LogP contribution is -2.33. The maximum absolute atomic E-state index is 6.04. The van der Waals surface area contributed by atoms with Gasteiger partial charge in [-0.3, -0.25) is 4.90 Å². The van der Waals surface area contributed by atoms with E-state index in [1.807, 2.05) is 24.3 Å². The first-order valence-electron chi connectivity index (χ1n) is 7.45. The molecule has 0 unspecified atom stereocenters. The van der Waals surface area contributed by atoms with Gasteiger partial charge in [0.15, 0.2) is 0 Å². The van der Waals surface area contributed by atoms with Crippen molar-refractivity contribution in [2.75, 3.05) is 12.8 Å². The van der Waals surface area contributed by atoms with E-state index in [0.29, 0.717) is 11.9 Å². The summed E-state index contributed by atoms with van der Waals surface area (Å²) in [6.45, 7) is 0.777. The summed E-state index contributed by atoms with van der Waals surface area (Å²) in [4.78, 5) is 11.5. The third-order valence-corrected chi connectivity index (χ3v) is 4.27. The van der Waals surface area contributed by atoms with Crippen molar-refractivity contribution in [2.45, 2.75) is 44.7 Å². The molecule has 0 amide bonds. The zero-order chi connectivity index (χ0) is 13.9. The highest BCUT2D eigenvalue weighted by molar-refractivity contribution is 5.87. The van der Waals surface area contributed by atoms with Gasteiger partial charge in [-0.25, -0.2) is 9.97 Å². The first-order chi connectivity index (χ1) is 9.74. The molecule has 4 heteroatoms. The maximum atomic E-state index is 6.04. The van der Waals surface area contributed by atoms with Gasteiger partial charge < -0.3 is 5.73 Å². The number of para-hydroxylation sites is 1. The Morgan fingerprint density at radius 2 is 1.90 bits per heavy atom. The van der Waals surface area contributed by atoms with Crippen LogP contribution in [0.4, 0.5) is 5.82 Å². The average Bonchev–Trinajstić information content (AvgIpc) is 2.48. The van der Waals surface area contributed by atoms with Crippen LogP contribution < -0.4 is 5.73 Å². The highest BCUT2D eigenvalue weighted by Gasteiger charge is 2.19. The molecular formula is C16H22N4. The number of anilines is 1. The van der Waals surface area contributed by atoms with E-state index in [-0.39, 0.29) is 0 Å². The second-order valence-electron chi connectivity index (χ2n) is 5.75. The van der Waals surface area contributed by atoms with Gasteiger partial charge in [-0.15, -0.1) is 0 Å². The van der Waals surface area contributed by atoms with Crippen LogP contribution in [0.25, 0.3) is 10.9 Å². The average molecular weight is 270 g/mol. The molecule has 20 heavy (non-hydrogen) atoms. The van der Waals surface area contributed by atoms with Gasteiger partial charge in [0.05, 0.1) is 12.1 Å². The third kappa shape index (κ3) is 2.75. The van der Waals surface area contributed by atoms with Crippen molar-refractivity contribution in [3.05, 3.63) is 30.1 Å². The number of fused-ring (bicyclic) bond motifs is 1. The van der Waals surface area contributed by atoms with Crippen molar-refractivity contribution in [1.82, 2.24) is 14.9 Å². The molecule has 0 bridgehead atoms. The van der Waals surface area contributed by atoms with Crippen molar-refractivity contribution in [3.63, 3.8) is 0 Å². The summed E-state index contributed by atoms with van der Waals surface area (Å²) in [5.74, 6) is 1.41. The van der Waals surface area contributed by atoms with Gasteiger partial charge in [-0.2, -0.15) is 0 Å². The lowest BCUT2D eigenvalue weighted by atomic mass is 9.94. The molecule has 1 aliphatic carbocycles. The van der Waals surface area contributed by atoms with E-state index in [0.717, 1.165) is 23.3 Å². The van der Waals surface area contributed by atoms with Crippen LogP contribution in [0.15, 0.2) is 24.3 Å². The number of aromatic nitrogens is 2. The molecule has 0 spiro atoms. The smallest absolute Gasteiger partial charge is 0.145 e. The van der Waals surface area contributed by atoms with Crippen LogP contribution >= 0.6 is 0 Å². The van der Waals surface area contributed by atoms with Gasteiger partial charge in [0.2, 0.25) is 0 Å². The van der Waals surface area contributed by atoms with E-state index in [9.17, 15) is 0 Å². The molecule has 1 heterocycles. The van der Waals surface area contributed by atoms with Gasteiger partial charge >= 0.3 is 0 Å². The lowest BCUT2D eigenvalue weighted by Gasteiger charge is -2.30. The Morgan fingerprint density at radius 3 is 2.70 bits per heavy atom. The molecular weight excluding hydrogens is 248 g/mol. The molecule has 3 rings (SSSR count). The standard InChI is InChI=1S/C16H22N4/c1-20(12-7-3-2-4-8-12)11-15-18-14-10-6-5-9-13(14)16(17)19-15/h5-6,9-10,12H,2-4,7-8,11H2,1H3,(H2,17,18,19). The summed E-state index contributed by atoms with van der Waals surface area (Å²) in [6, 6.07) is 8.59. The van der Waals surface area contributed by atoms with Crippen LogP contribution in [-0.2, 0) is 6.54 Å². The summed E-state index contributed by atoms with van der Waals surface area (Å²) in [7, 11) is 2.17. The highest BCUT2D eigenvalue weighted by Crippen LogP contribution is 2.23. The summed E-state index contributed by atoms with van der Waals surface area (Å²) in [5.41, 5.74) is 6.98. The molecule has 2 N–H and O–H groups in total. The molecule has 106 valence electrons. The van der Waals surface area contributed by atoms with E-state index in [1.165, 1.54) is 32.1 Å². The van der Waals surface area contributed by atoms with E-state index in [2.05, 4.69) is 21.9 Å². The third-order valence-electron chi connectivity index (χ3n) is 4.27. The van der Waals surface area contributed by atoms with Gasteiger partial charge in [0, 0.05) is 11.4 Å². The summed E-state index contributed by atoms with van der Waals surface area (Å²) in [5, 5.41) is 0.941. The van der Waals surface area contributed by atoms with Crippen LogP contribution in [0.2, 0.25) is 0 Å². The van der Waals surface area contributed by atoms with E-state index in [4.69, 9.17) is 5.73 Å². The van der Waals surface area contributed by atoms with E-state index >= 15 is 0 Å².